The second-order valence-corrected chi connectivity index (χ2v) is 3.86. The lowest BCUT2D eigenvalue weighted by Gasteiger charge is -2.02. The molecule has 1 aromatic rings. The van der Waals surface area contributed by atoms with Gasteiger partial charge in [-0.3, -0.25) is 4.68 Å². The molecule has 3 heteroatoms. The number of hydrogen-bond donors (Lipinski definition) is 1. The molecule has 1 saturated carbocycles. The summed E-state index contributed by atoms with van der Waals surface area (Å²) in [6.45, 7) is 3.00. The van der Waals surface area contributed by atoms with Gasteiger partial charge in [0.05, 0.1) is 12.3 Å². The van der Waals surface area contributed by atoms with E-state index in [2.05, 4.69) is 5.10 Å². The average molecular weight is 180 g/mol. The van der Waals surface area contributed by atoms with Gasteiger partial charge in [0.15, 0.2) is 0 Å². The molecule has 0 spiro atoms. The SMILES string of the molecule is CCC(O)c1cnn(CC2CC2)c1. The first kappa shape index (κ1) is 8.75. The highest BCUT2D eigenvalue weighted by molar-refractivity contribution is 5.07. The number of aliphatic hydroxyl groups is 1. The minimum atomic E-state index is -0.340. The third-order valence-corrected chi connectivity index (χ3v) is 2.57. The zero-order chi connectivity index (χ0) is 9.26. The lowest BCUT2D eigenvalue weighted by Crippen LogP contribution is -1.99. The minimum absolute atomic E-state index is 0.340. The van der Waals surface area contributed by atoms with E-state index in [1.165, 1.54) is 12.8 Å². The van der Waals surface area contributed by atoms with E-state index in [0.717, 1.165) is 24.4 Å². The topological polar surface area (TPSA) is 38.1 Å². The highest BCUT2D eigenvalue weighted by Gasteiger charge is 2.22. The summed E-state index contributed by atoms with van der Waals surface area (Å²) in [6.07, 6.45) is 6.84. The maximum Gasteiger partial charge on any atom is 0.0817 e. The molecule has 1 heterocycles. The molecule has 13 heavy (non-hydrogen) atoms. The van der Waals surface area contributed by atoms with Gasteiger partial charge in [-0.1, -0.05) is 6.92 Å². The molecule has 3 nitrogen and oxygen atoms in total. The van der Waals surface area contributed by atoms with Crippen LogP contribution in [0.5, 0.6) is 0 Å². The van der Waals surface area contributed by atoms with Gasteiger partial charge in [0.2, 0.25) is 0 Å². The Balaban J connectivity index is 1.99. The van der Waals surface area contributed by atoms with Gasteiger partial charge < -0.3 is 5.11 Å². The van der Waals surface area contributed by atoms with Gasteiger partial charge >= 0.3 is 0 Å². The smallest absolute Gasteiger partial charge is 0.0817 e. The van der Waals surface area contributed by atoms with Gasteiger partial charge in [-0.05, 0) is 25.2 Å². The summed E-state index contributed by atoms with van der Waals surface area (Å²) in [5.74, 6) is 0.839. The third-order valence-electron chi connectivity index (χ3n) is 2.57. The van der Waals surface area contributed by atoms with Crippen molar-refractivity contribution in [2.24, 2.45) is 5.92 Å². The molecule has 0 bridgehead atoms. The fraction of sp³-hybridized carbons (Fsp3) is 0.700. The summed E-state index contributed by atoms with van der Waals surface area (Å²) in [7, 11) is 0. The molecule has 0 saturated heterocycles. The van der Waals surface area contributed by atoms with Gasteiger partial charge in [0, 0.05) is 18.3 Å². The molecule has 1 aliphatic rings. The summed E-state index contributed by atoms with van der Waals surface area (Å²) >= 11 is 0. The zero-order valence-corrected chi connectivity index (χ0v) is 7.98. The first-order valence-electron chi connectivity index (χ1n) is 5.00. The molecular formula is C10H16N2O. The first-order chi connectivity index (χ1) is 6.29. The number of rotatable bonds is 4. The maximum atomic E-state index is 9.54. The maximum absolute atomic E-state index is 9.54. The van der Waals surface area contributed by atoms with E-state index in [-0.39, 0.29) is 6.10 Å². The Morgan fingerprint density at radius 1 is 1.69 bits per heavy atom. The van der Waals surface area contributed by atoms with Crippen molar-refractivity contribution in [1.82, 2.24) is 9.78 Å². The third kappa shape index (κ3) is 2.10. The fourth-order valence-electron chi connectivity index (χ4n) is 1.45. The Bertz CT molecular complexity index is 278. The van der Waals surface area contributed by atoms with Gasteiger partial charge in [-0.2, -0.15) is 5.10 Å². The Hall–Kier alpha value is -0.830. The number of hydrogen-bond acceptors (Lipinski definition) is 2. The van der Waals surface area contributed by atoms with Crippen LogP contribution < -0.4 is 0 Å². The van der Waals surface area contributed by atoms with Crippen LogP contribution in [0.15, 0.2) is 12.4 Å². The Morgan fingerprint density at radius 3 is 3.08 bits per heavy atom. The molecule has 1 aliphatic carbocycles. The summed E-state index contributed by atoms with van der Waals surface area (Å²) < 4.78 is 1.95. The lowest BCUT2D eigenvalue weighted by molar-refractivity contribution is 0.173. The molecule has 2 rings (SSSR count). The van der Waals surface area contributed by atoms with Crippen molar-refractivity contribution in [3.8, 4) is 0 Å². The summed E-state index contributed by atoms with van der Waals surface area (Å²) in [5, 5.41) is 13.8. The number of aromatic nitrogens is 2. The van der Waals surface area contributed by atoms with Crippen LogP contribution in [0.1, 0.15) is 37.9 Å². The summed E-state index contributed by atoms with van der Waals surface area (Å²) in [6, 6.07) is 0. The Morgan fingerprint density at radius 2 is 2.46 bits per heavy atom. The predicted molar refractivity (Wildman–Crippen MR) is 50.2 cm³/mol. The van der Waals surface area contributed by atoms with Crippen LogP contribution in [0.2, 0.25) is 0 Å². The van der Waals surface area contributed by atoms with E-state index in [4.69, 9.17) is 0 Å². The van der Waals surface area contributed by atoms with E-state index in [1.54, 1.807) is 6.20 Å². The van der Waals surface area contributed by atoms with E-state index in [0.29, 0.717) is 0 Å². The van der Waals surface area contributed by atoms with Crippen molar-refractivity contribution < 1.29 is 5.11 Å². The Kier molecular flexibility index (Phi) is 2.36. The molecular weight excluding hydrogens is 164 g/mol. The molecule has 0 amide bonds. The van der Waals surface area contributed by atoms with Crippen LogP contribution in [-0.2, 0) is 6.54 Å². The molecule has 1 aromatic heterocycles. The lowest BCUT2D eigenvalue weighted by atomic mass is 10.2. The molecule has 1 fully saturated rings. The fourth-order valence-corrected chi connectivity index (χ4v) is 1.45. The average Bonchev–Trinajstić information content (AvgIpc) is 2.81. The van der Waals surface area contributed by atoms with E-state index in [9.17, 15) is 5.11 Å². The molecule has 0 aliphatic heterocycles. The van der Waals surface area contributed by atoms with Crippen LogP contribution in [0, 0.1) is 5.92 Å². The van der Waals surface area contributed by atoms with E-state index in [1.807, 2.05) is 17.8 Å². The number of aliphatic hydroxyl groups excluding tert-OH is 1. The van der Waals surface area contributed by atoms with Gasteiger partial charge in [0.25, 0.3) is 0 Å². The van der Waals surface area contributed by atoms with Crippen LogP contribution in [-0.4, -0.2) is 14.9 Å². The predicted octanol–water partition coefficient (Wildman–Crippen LogP) is 1.74. The standard InChI is InChI=1S/C10H16N2O/c1-2-10(13)9-5-11-12(7-9)6-8-3-4-8/h5,7-8,10,13H,2-4,6H2,1H3. The van der Waals surface area contributed by atoms with Crippen molar-refractivity contribution in [1.29, 1.82) is 0 Å². The van der Waals surface area contributed by atoms with Crippen molar-refractivity contribution in [2.45, 2.75) is 38.8 Å². The highest BCUT2D eigenvalue weighted by atomic mass is 16.3. The van der Waals surface area contributed by atoms with Crippen molar-refractivity contribution >= 4 is 0 Å². The molecule has 0 radical (unpaired) electrons. The largest absolute Gasteiger partial charge is 0.388 e. The Labute approximate surface area is 78.4 Å². The molecule has 1 unspecified atom stereocenters. The zero-order valence-electron chi connectivity index (χ0n) is 7.98. The monoisotopic (exact) mass is 180 g/mol. The molecule has 1 atom stereocenters. The molecule has 72 valence electrons. The van der Waals surface area contributed by atoms with Gasteiger partial charge in [-0.15, -0.1) is 0 Å². The van der Waals surface area contributed by atoms with Crippen LogP contribution in [0.3, 0.4) is 0 Å². The van der Waals surface area contributed by atoms with Gasteiger partial charge in [-0.25, -0.2) is 0 Å². The van der Waals surface area contributed by atoms with Crippen LogP contribution in [0.4, 0.5) is 0 Å². The van der Waals surface area contributed by atoms with Crippen LogP contribution >= 0.6 is 0 Å². The van der Waals surface area contributed by atoms with Crippen molar-refractivity contribution in [3.05, 3.63) is 18.0 Å². The molecule has 0 aromatic carbocycles. The van der Waals surface area contributed by atoms with Crippen LogP contribution in [0.25, 0.3) is 0 Å². The van der Waals surface area contributed by atoms with Gasteiger partial charge in [0.1, 0.15) is 0 Å². The first-order valence-corrected chi connectivity index (χ1v) is 5.00. The highest BCUT2D eigenvalue weighted by Crippen LogP contribution is 2.30. The molecule has 1 N–H and O–H groups in total. The van der Waals surface area contributed by atoms with E-state index >= 15 is 0 Å². The second-order valence-electron chi connectivity index (χ2n) is 3.86. The van der Waals surface area contributed by atoms with Crippen molar-refractivity contribution in [3.63, 3.8) is 0 Å². The number of nitrogens with zero attached hydrogens (tertiary/aromatic N) is 2. The summed E-state index contributed by atoms with van der Waals surface area (Å²) in [5.41, 5.74) is 0.947. The quantitative estimate of drug-likeness (QED) is 0.766. The second kappa shape index (κ2) is 3.50. The van der Waals surface area contributed by atoms with Crippen molar-refractivity contribution in [2.75, 3.05) is 0 Å². The normalized spacial score (nSPS) is 18.9. The summed E-state index contributed by atoms with van der Waals surface area (Å²) in [4.78, 5) is 0. The minimum Gasteiger partial charge on any atom is -0.388 e. The van der Waals surface area contributed by atoms with E-state index < -0.39 is 0 Å².